The fourth-order valence-electron chi connectivity index (χ4n) is 3.77. The molecule has 2 atom stereocenters. The smallest absolute Gasteiger partial charge is 0.0343 e. The Balaban J connectivity index is 1.70. The van der Waals surface area contributed by atoms with Crippen molar-refractivity contribution in [3.05, 3.63) is 29.3 Å². The highest BCUT2D eigenvalue weighted by Gasteiger charge is 2.35. The second kappa shape index (κ2) is 4.93. The summed E-state index contributed by atoms with van der Waals surface area (Å²) in [6.07, 6.45) is 7.17. The third-order valence-electron chi connectivity index (χ3n) is 4.84. The molecule has 0 aromatic heterocycles. The van der Waals surface area contributed by atoms with Crippen LogP contribution in [0.4, 0.5) is 5.69 Å². The average molecular weight is 244 g/mol. The number of aryl methyl sites for hydroxylation is 1. The molecule has 18 heavy (non-hydrogen) atoms. The topological polar surface area (TPSA) is 29.3 Å². The molecule has 1 aromatic rings. The van der Waals surface area contributed by atoms with Gasteiger partial charge in [-0.1, -0.05) is 25.0 Å². The second-order valence-corrected chi connectivity index (χ2v) is 6.06. The molecule has 0 bridgehead atoms. The van der Waals surface area contributed by atoms with Crippen molar-refractivity contribution in [3.8, 4) is 0 Å². The van der Waals surface area contributed by atoms with Gasteiger partial charge in [0.25, 0.3) is 0 Å². The summed E-state index contributed by atoms with van der Waals surface area (Å²) in [6, 6.07) is 7.36. The van der Waals surface area contributed by atoms with Crippen LogP contribution in [0, 0.1) is 12.8 Å². The van der Waals surface area contributed by atoms with Gasteiger partial charge in [-0.25, -0.2) is 0 Å². The Kier molecular flexibility index (Phi) is 3.29. The molecule has 1 saturated heterocycles. The lowest BCUT2D eigenvalue weighted by atomic mass is 9.85. The first-order chi connectivity index (χ1) is 8.74. The number of fused-ring (bicyclic) bond motifs is 1. The van der Waals surface area contributed by atoms with Crippen LogP contribution in [0.5, 0.6) is 0 Å². The van der Waals surface area contributed by atoms with Crippen LogP contribution >= 0.6 is 0 Å². The van der Waals surface area contributed by atoms with Gasteiger partial charge >= 0.3 is 0 Å². The van der Waals surface area contributed by atoms with E-state index in [2.05, 4.69) is 30.0 Å². The van der Waals surface area contributed by atoms with Gasteiger partial charge in [-0.3, -0.25) is 4.90 Å². The van der Waals surface area contributed by atoms with Crippen LogP contribution in [0.25, 0.3) is 0 Å². The van der Waals surface area contributed by atoms with E-state index < -0.39 is 0 Å². The first-order valence-electron chi connectivity index (χ1n) is 7.33. The van der Waals surface area contributed by atoms with Gasteiger partial charge in [-0.15, -0.1) is 0 Å². The molecule has 2 nitrogen and oxygen atoms in total. The predicted octanol–water partition coefficient (Wildman–Crippen LogP) is 3.34. The van der Waals surface area contributed by atoms with E-state index in [0.717, 1.165) is 24.2 Å². The van der Waals surface area contributed by atoms with Crippen molar-refractivity contribution in [1.82, 2.24) is 4.90 Å². The summed E-state index contributed by atoms with van der Waals surface area (Å²) in [6.45, 7) is 4.51. The Morgan fingerprint density at radius 3 is 2.89 bits per heavy atom. The summed E-state index contributed by atoms with van der Waals surface area (Å²) in [4.78, 5) is 2.70. The minimum Gasteiger partial charge on any atom is -0.399 e. The van der Waals surface area contributed by atoms with Crippen LogP contribution < -0.4 is 5.73 Å². The molecule has 2 unspecified atom stereocenters. The molecular weight excluding hydrogens is 220 g/mol. The van der Waals surface area contributed by atoms with Gasteiger partial charge in [-0.2, -0.15) is 0 Å². The van der Waals surface area contributed by atoms with Gasteiger partial charge in [0.15, 0.2) is 0 Å². The van der Waals surface area contributed by atoms with Crippen LogP contribution in [-0.4, -0.2) is 17.5 Å². The third kappa shape index (κ3) is 2.26. The summed E-state index contributed by atoms with van der Waals surface area (Å²) in [7, 11) is 0. The van der Waals surface area contributed by atoms with Crippen molar-refractivity contribution < 1.29 is 0 Å². The monoisotopic (exact) mass is 244 g/mol. The molecule has 0 amide bonds. The Morgan fingerprint density at radius 2 is 2.06 bits per heavy atom. The van der Waals surface area contributed by atoms with Crippen molar-refractivity contribution in [1.29, 1.82) is 0 Å². The summed E-state index contributed by atoms with van der Waals surface area (Å²) in [5, 5.41) is 0. The Bertz CT molecular complexity index is 427. The summed E-state index contributed by atoms with van der Waals surface area (Å²) in [5.41, 5.74) is 9.44. The lowest BCUT2D eigenvalue weighted by Gasteiger charge is -2.31. The quantitative estimate of drug-likeness (QED) is 0.808. The van der Waals surface area contributed by atoms with E-state index in [1.54, 1.807) is 0 Å². The molecule has 1 saturated carbocycles. The molecule has 1 aromatic carbocycles. The molecule has 3 rings (SSSR count). The maximum Gasteiger partial charge on any atom is 0.0343 e. The van der Waals surface area contributed by atoms with Gasteiger partial charge in [-0.05, 0) is 55.8 Å². The minimum atomic E-state index is 0.858. The number of likely N-dealkylation sites (tertiary alicyclic amines) is 1. The minimum absolute atomic E-state index is 0.858. The Hall–Kier alpha value is -1.02. The van der Waals surface area contributed by atoms with E-state index in [1.165, 1.54) is 49.8 Å². The molecule has 2 fully saturated rings. The van der Waals surface area contributed by atoms with Crippen LogP contribution in [0.1, 0.15) is 43.2 Å². The van der Waals surface area contributed by atoms with E-state index >= 15 is 0 Å². The fourth-order valence-corrected chi connectivity index (χ4v) is 3.77. The second-order valence-electron chi connectivity index (χ2n) is 6.06. The average Bonchev–Trinajstić information content (AvgIpc) is 2.78. The molecule has 0 radical (unpaired) electrons. The van der Waals surface area contributed by atoms with E-state index in [1.807, 2.05) is 0 Å². The van der Waals surface area contributed by atoms with Gasteiger partial charge in [0.05, 0.1) is 0 Å². The van der Waals surface area contributed by atoms with E-state index in [4.69, 9.17) is 5.73 Å². The lowest BCUT2D eigenvalue weighted by Crippen LogP contribution is -2.34. The number of nitrogen functional groups attached to an aromatic ring is 1. The molecule has 1 aliphatic carbocycles. The molecule has 98 valence electrons. The normalized spacial score (nSPS) is 28.3. The third-order valence-corrected chi connectivity index (χ3v) is 4.84. The Morgan fingerprint density at radius 1 is 1.22 bits per heavy atom. The molecule has 1 aliphatic heterocycles. The molecule has 2 N–H and O–H groups in total. The van der Waals surface area contributed by atoms with Crippen molar-refractivity contribution >= 4 is 5.69 Å². The zero-order valence-corrected chi connectivity index (χ0v) is 11.4. The SMILES string of the molecule is Cc1cc(CN2CCC3CCCCC32)ccc1N. The fraction of sp³-hybridized carbons (Fsp3) is 0.625. The molecule has 2 heteroatoms. The van der Waals surface area contributed by atoms with Gasteiger partial charge in [0.1, 0.15) is 0 Å². The van der Waals surface area contributed by atoms with E-state index in [-0.39, 0.29) is 0 Å². The maximum atomic E-state index is 5.89. The summed E-state index contributed by atoms with van der Waals surface area (Å²) in [5.74, 6) is 0.980. The first kappa shape index (κ1) is 12.0. The van der Waals surface area contributed by atoms with Gasteiger partial charge in [0, 0.05) is 18.3 Å². The zero-order chi connectivity index (χ0) is 12.5. The molecule has 0 spiro atoms. The summed E-state index contributed by atoms with van der Waals surface area (Å²) >= 11 is 0. The van der Waals surface area contributed by atoms with E-state index in [9.17, 15) is 0 Å². The largest absolute Gasteiger partial charge is 0.399 e. The molecule has 2 aliphatic rings. The van der Waals surface area contributed by atoms with Crippen molar-refractivity contribution in [3.63, 3.8) is 0 Å². The number of hydrogen-bond donors (Lipinski definition) is 1. The van der Waals surface area contributed by atoms with Crippen LogP contribution in [0.3, 0.4) is 0 Å². The maximum absolute atomic E-state index is 5.89. The summed E-state index contributed by atoms with van der Waals surface area (Å²) < 4.78 is 0. The van der Waals surface area contributed by atoms with Crippen LogP contribution in [0.2, 0.25) is 0 Å². The molecule has 1 heterocycles. The van der Waals surface area contributed by atoms with Crippen LogP contribution in [0.15, 0.2) is 18.2 Å². The zero-order valence-electron chi connectivity index (χ0n) is 11.4. The van der Waals surface area contributed by atoms with Crippen molar-refractivity contribution in [2.24, 2.45) is 5.92 Å². The van der Waals surface area contributed by atoms with E-state index in [0.29, 0.717) is 0 Å². The number of nitrogens with zero attached hydrogens (tertiary/aromatic N) is 1. The van der Waals surface area contributed by atoms with Crippen molar-refractivity contribution in [2.75, 3.05) is 12.3 Å². The van der Waals surface area contributed by atoms with Gasteiger partial charge < -0.3 is 5.73 Å². The highest BCUT2D eigenvalue weighted by atomic mass is 15.2. The standard InChI is InChI=1S/C16H24N2/c1-12-10-13(6-7-15(12)17)11-18-9-8-14-4-2-3-5-16(14)18/h6-7,10,14,16H,2-5,8-9,11,17H2,1H3. The van der Waals surface area contributed by atoms with Crippen LogP contribution in [-0.2, 0) is 6.54 Å². The molecular formula is C16H24N2. The van der Waals surface area contributed by atoms with Crippen molar-refractivity contribution in [2.45, 2.75) is 51.6 Å². The van der Waals surface area contributed by atoms with Gasteiger partial charge in [0.2, 0.25) is 0 Å². The number of nitrogens with two attached hydrogens (primary N) is 1. The highest BCUT2D eigenvalue weighted by molar-refractivity contribution is 5.47. The first-order valence-corrected chi connectivity index (χ1v) is 7.33. The number of anilines is 1. The number of hydrogen-bond acceptors (Lipinski definition) is 2. The number of benzene rings is 1. The Labute approximate surface area is 110 Å². The predicted molar refractivity (Wildman–Crippen MR) is 76.4 cm³/mol. The lowest BCUT2D eigenvalue weighted by molar-refractivity contribution is 0.176. The highest BCUT2D eigenvalue weighted by Crippen LogP contribution is 2.36. The number of rotatable bonds is 2.